The summed E-state index contributed by atoms with van der Waals surface area (Å²) in [4.78, 5) is 6.50. The minimum atomic E-state index is 0. The summed E-state index contributed by atoms with van der Waals surface area (Å²) >= 11 is 0. The Kier molecular flexibility index (Phi) is 142000. The molecule has 0 unspecified atom stereocenters. The molecule has 0 aromatic carbocycles. The normalized spacial score (nSPS) is 1.50. The molecule has 0 spiro atoms. The van der Waals surface area contributed by atoms with E-state index in [0.29, 0.717) is 0 Å². The first-order valence-electron chi connectivity index (χ1n) is 1.18. The average molecular weight is 393 g/mol. The van der Waals surface area contributed by atoms with E-state index in [1.165, 1.54) is 14.2 Å². The Bertz CT molecular complexity index is 24.0. The lowest BCUT2D eigenvalue weighted by molar-refractivity contribution is -0.215. The van der Waals surface area contributed by atoms with Crippen LogP contribution in [0.4, 0.5) is 0 Å². The highest BCUT2D eigenvalue weighted by Crippen LogP contribution is 1.26. The van der Waals surface area contributed by atoms with Crippen LogP contribution in [0.3, 0.4) is 0 Å². The third kappa shape index (κ3) is 90500. The van der Waals surface area contributed by atoms with E-state index in [9.17, 15) is 0 Å². The van der Waals surface area contributed by atoms with Gasteiger partial charge in [0.15, 0.2) is 0 Å². The molecular weight excluding hydrogens is 320 g/mol. The summed E-state index contributed by atoms with van der Waals surface area (Å²) in [5.74, 6) is 0. The molecule has 8 nitrogen and oxygen atoms in total. The summed E-state index contributed by atoms with van der Waals surface area (Å²) in [6, 6.07) is 0. The highest BCUT2D eigenvalue weighted by Gasteiger charge is 1.26. The zero-order valence-corrected chi connectivity index (χ0v) is 5.71. The van der Waals surface area contributed by atoms with Gasteiger partial charge in [-0.25, -0.2) is 9.78 Å². The Labute approximate surface area is 161 Å². The topological polar surface area (TPSA) is 185 Å². The van der Waals surface area contributed by atoms with E-state index < -0.39 is 0 Å². The number of hydrogen-bond acceptors (Lipinski definition) is 4. The SMILES string of the molecule is C.C.C.C.C.C.C.C.C.C.C.C.C.C.COO.COO.O.O.O.O. The molecule has 0 saturated carbocycles. The van der Waals surface area contributed by atoms with Gasteiger partial charge in [-0.1, -0.05) is 104 Å². The Hall–Kier alpha value is -0.320. The first-order chi connectivity index (χ1) is 2.83. The lowest BCUT2D eigenvalue weighted by atomic mass is 11.8. The Morgan fingerprint density at radius 1 is 0.333 bits per heavy atom. The summed E-state index contributed by atoms with van der Waals surface area (Å²) in [5, 5.41) is 14.1. The molecule has 0 aliphatic carbocycles. The molecule has 0 aliphatic rings. The molecule has 184 valence electrons. The zero-order chi connectivity index (χ0) is 5.41. The van der Waals surface area contributed by atoms with Crippen molar-refractivity contribution in [3.05, 3.63) is 0 Å². The van der Waals surface area contributed by atoms with Crippen molar-refractivity contribution in [3.63, 3.8) is 0 Å². The molecule has 10 N–H and O–H groups in total. The van der Waals surface area contributed by atoms with Crippen molar-refractivity contribution in [3.8, 4) is 0 Å². The van der Waals surface area contributed by atoms with Crippen molar-refractivity contribution in [1.29, 1.82) is 0 Å². The fraction of sp³-hybridized carbons (Fsp3) is 1.00. The second kappa shape index (κ2) is 3780. The molecular formula is C16H72O8. The maximum Gasteiger partial charge on any atom is 0.0710 e. The number of rotatable bonds is 0. The molecule has 0 fully saturated rings. The maximum absolute atomic E-state index is 7.07. The van der Waals surface area contributed by atoms with Gasteiger partial charge < -0.3 is 21.9 Å². The van der Waals surface area contributed by atoms with Gasteiger partial charge in [0.25, 0.3) is 0 Å². The van der Waals surface area contributed by atoms with E-state index in [4.69, 9.17) is 10.5 Å². The van der Waals surface area contributed by atoms with Gasteiger partial charge in [0.1, 0.15) is 0 Å². The summed E-state index contributed by atoms with van der Waals surface area (Å²) < 4.78 is 0. The van der Waals surface area contributed by atoms with Gasteiger partial charge in [0.05, 0.1) is 14.2 Å². The molecule has 0 aromatic rings. The van der Waals surface area contributed by atoms with Gasteiger partial charge >= 0.3 is 0 Å². The van der Waals surface area contributed by atoms with Gasteiger partial charge in [-0.15, -0.1) is 0 Å². The molecule has 0 aliphatic heterocycles. The van der Waals surface area contributed by atoms with E-state index in [2.05, 4.69) is 9.78 Å². The summed E-state index contributed by atoms with van der Waals surface area (Å²) in [6.45, 7) is 0. The smallest absolute Gasteiger partial charge is 0.0710 e. The highest BCUT2D eigenvalue weighted by molar-refractivity contribution is 3.31. The highest BCUT2D eigenvalue weighted by atomic mass is 17.1. The Morgan fingerprint density at radius 2 is 0.333 bits per heavy atom. The van der Waals surface area contributed by atoms with Gasteiger partial charge in [0, 0.05) is 0 Å². The van der Waals surface area contributed by atoms with Crippen molar-refractivity contribution in [2.24, 2.45) is 0 Å². The molecule has 24 heavy (non-hydrogen) atoms. The first kappa shape index (κ1) is 899. The molecule has 0 heterocycles. The van der Waals surface area contributed by atoms with Crippen LogP contribution >= 0.6 is 0 Å². The molecule has 0 saturated heterocycles. The van der Waals surface area contributed by atoms with Crippen LogP contribution in [-0.4, -0.2) is 46.6 Å². The van der Waals surface area contributed by atoms with E-state index in [0.717, 1.165) is 0 Å². The molecule has 0 aromatic heterocycles. The molecule has 0 atom stereocenters. The summed E-state index contributed by atoms with van der Waals surface area (Å²) in [7, 11) is 2.36. The zero-order valence-electron chi connectivity index (χ0n) is 5.71. The molecule has 0 amide bonds. The predicted molar refractivity (Wildman–Crippen MR) is 128 cm³/mol. The Balaban J connectivity index is -0.000000000423. The minimum absolute atomic E-state index is 0. The fourth-order valence-corrected chi connectivity index (χ4v) is 0. The van der Waals surface area contributed by atoms with E-state index in [1.807, 2.05) is 0 Å². The predicted octanol–water partition coefficient (Wildman–Crippen LogP) is 5.82. The largest absolute Gasteiger partial charge is 0.412 e. The van der Waals surface area contributed by atoms with Gasteiger partial charge in [-0.3, -0.25) is 10.5 Å². The van der Waals surface area contributed by atoms with Crippen molar-refractivity contribution in [2.45, 2.75) is 104 Å². The van der Waals surface area contributed by atoms with Crippen molar-refractivity contribution < 1.29 is 42.2 Å². The Morgan fingerprint density at radius 3 is 0.333 bits per heavy atom. The quantitative estimate of drug-likeness (QED) is 0.388. The van der Waals surface area contributed by atoms with Crippen molar-refractivity contribution >= 4 is 0 Å². The van der Waals surface area contributed by atoms with Crippen LogP contribution in [0.25, 0.3) is 0 Å². The first-order valence-corrected chi connectivity index (χ1v) is 1.18. The van der Waals surface area contributed by atoms with Crippen molar-refractivity contribution in [1.82, 2.24) is 0 Å². The van der Waals surface area contributed by atoms with Crippen LogP contribution in [0.5, 0.6) is 0 Å². The third-order valence-corrected chi connectivity index (χ3v) is 0. The fourth-order valence-electron chi connectivity index (χ4n) is 0. The molecule has 0 radical (unpaired) electrons. The average Bonchev–Trinajstić information content (AvgIpc) is 1.39. The van der Waals surface area contributed by atoms with Gasteiger partial charge in [0.2, 0.25) is 0 Å². The summed E-state index contributed by atoms with van der Waals surface area (Å²) in [6.07, 6.45) is 0. The maximum atomic E-state index is 7.07. The second-order valence-electron chi connectivity index (χ2n) is 0.365. The molecule has 0 bridgehead atoms. The number of hydrogen-bond donors (Lipinski definition) is 2. The second-order valence-corrected chi connectivity index (χ2v) is 0.365. The molecule has 8 heteroatoms. The van der Waals surface area contributed by atoms with E-state index in [-0.39, 0.29) is 126 Å². The summed E-state index contributed by atoms with van der Waals surface area (Å²) in [5.41, 5.74) is 0. The monoisotopic (exact) mass is 393 g/mol. The van der Waals surface area contributed by atoms with Gasteiger partial charge in [-0.2, -0.15) is 0 Å². The lowest BCUT2D eigenvalue weighted by Crippen LogP contribution is -1.57. The van der Waals surface area contributed by atoms with Crippen LogP contribution in [0.2, 0.25) is 0 Å². The van der Waals surface area contributed by atoms with E-state index >= 15 is 0 Å². The standard InChI is InChI=1S/2CH4O2.14CH4.4H2O/c2*1-3-2;;;;;;;;;;;;;;;;;;/h2*2H,1H3;14*1H4;4*1H2. The van der Waals surface area contributed by atoms with Crippen LogP contribution in [0.15, 0.2) is 0 Å². The molecule has 0 rings (SSSR count). The minimum Gasteiger partial charge on any atom is -0.412 e. The van der Waals surface area contributed by atoms with Crippen LogP contribution < -0.4 is 0 Å². The van der Waals surface area contributed by atoms with E-state index in [1.54, 1.807) is 0 Å². The van der Waals surface area contributed by atoms with Crippen LogP contribution in [0.1, 0.15) is 104 Å². The lowest BCUT2D eigenvalue weighted by Gasteiger charge is -1.59. The van der Waals surface area contributed by atoms with Crippen LogP contribution in [0, 0.1) is 0 Å². The van der Waals surface area contributed by atoms with Crippen molar-refractivity contribution in [2.75, 3.05) is 14.2 Å². The van der Waals surface area contributed by atoms with Gasteiger partial charge in [-0.05, 0) is 0 Å². The van der Waals surface area contributed by atoms with Crippen LogP contribution in [-0.2, 0) is 9.78 Å². The third-order valence-electron chi connectivity index (χ3n) is 0.